The summed E-state index contributed by atoms with van der Waals surface area (Å²) in [6.45, 7) is 2.57. The summed E-state index contributed by atoms with van der Waals surface area (Å²) in [4.78, 5) is 0. The highest BCUT2D eigenvalue weighted by Crippen LogP contribution is 2.43. The quantitative estimate of drug-likeness (QED) is 0.877. The van der Waals surface area contributed by atoms with E-state index in [1.807, 2.05) is 6.92 Å². The molecular weight excluding hydrogens is 217 g/mol. The van der Waals surface area contributed by atoms with Crippen LogP contribution >= 0.6 is 0 Å². The third-order valence-corrected chi connectivity index (χ3v) is 4.07. The lowest BCUT2D eigenvalue weighted by molar-refractivity contribution is 0.398. The Kier molecular flexibility index (Phi) is 3.38. The fourth-order valence-corrected chi connectivity index (χ4v) is 3.05. The van der Waals surface area contributed by atoms with Crippen LogP contribution in [0.3, 0.4) is 0 Å². The molecule has 1 saturated carbocycles. The number of hydrogen-bond donors (Lipinski definition) is 1. The van der Waals surface area contributed by atoms with Crippen molar-refractivity contribution in [2.75, 3.05) is 13.7 Å². The molecule has 0 aliphatic heterocycles. The smallest absolute Gasteiger partial charge is 0.127 e. The minimum atomic E-state index is -0.234. The Labute approximate surface area is 102 Å². The lowest BCUT2D eigenvalue weighted by Crippen LogP contribution is -2.33. The van der Waals surface area contributed by atoms with Crippen LogP contribution in [-0.4, -0.2) is 13.7 Å². The van der Waals surface area contributed by atoms with Crippen LogP contribution in [0.2, 0.25) is 0 Å². The molecule has 0 bridgehead atoms. The van der Waals surface area contributed by atoms with Gasteiger partial charge in [-0.25, -0.2) is 4.39 Å². The number of methoxy groups -OCH3 is 1. The van der Waals surface area contributed by atoms with E-state index in [1.165, 1.54) is 18.9 Å². The van der Waals surface area contributed by atoms with E-state index < -0.39 is 0 Å². The van der Waals surface area contributed by atoms with Crippen molar-refractivity contribution < 1.29 is 9.13 Å². The van der Waals surface area contributed by atoms with Crippen molar-refractivity contribution in [2.24, 2.45) is 5.73 Å². The van der Waals surface area contributed by atoms with Gasteiger partial charge in [-0.1, -0.05) is 12.8 Å². The number of hydrogen-bond acceptors (Lipinski definition) is 2. The van der Waals surface area contributed by atoms with Gasteiger partial charge in [-0.05, 0) is 37.0 Å². The maximum absolute atomic E-state index is 13.6. The number of halogens is 1. The molecule has 94 valence electrons. The molecule has 17 heavy (non-hydrogen) atoms. The van der Waals surface area contributed by atoms with E-state index in [2.05, 4.69) is 0 Å². The van der Waals surface area contributed by atoms with Gasteiger partial charge < -0.3 is 10.5 Å². The Bertz CT molecular complexity index is 411. The first-order valence-corrected chi connectivity index (χ1v) is 6.17. The summed E-state index contributed by atoms with van der Waals surface area (Å²) in [6, 6.07) is 3.08. The number of rotatable bonds is 3. The van der Waals surface area contributed by atoms with E-state index >= 15 is 0 Å². The van der Waals surface area contributed by atoms with Gasteiger partial charge in [0.1, 0.15) is 11.6 Å². The molecule has 1 aromatic carbocycles. The van der Waals surface area contributed by atoms with E-state index in [1.54, 1.807) is 13.2 Å². The minimum Gasteiger partial charge on any atom is -0.496 e. The van der Waals surface area contributed by atoms with Crippen LogP contribution in [0.15, 0.2) is 12.1 Å². The maximum atomic E-state index is 13.6. The predicted octanol–water partition coefficient (Wildman–Crippen LogP) is 2.91. The van der Waals surface area contributed by atoms with Crippen LogP contribution in [0.1, 0.15) is 36.8 Å². The van der Waals surface area contributed by atoms with E-state index in [-0.39, 0.29) is 11.2 Å². The lowest BCUT2D eigenvalue weighted by atomic mass is 9.76. The van der Waals surface area contributed by atoms with Crippen molar-refractivity contribution in [1.29, 1.82) is 0 Å². The topological polar surface area (TPSA) is 35.2 Å². The third kappa shape index (κ3) is 2.04. The van der Waals surface area contributed by atoms with E-state index in [9.17, 15) is 4.39 Å². The molecule has 0 spiro atoms. The molecular formula is C14H20FNO. The van der Waals surface area contributed by atoms with E-state index in [0.717, 1.165) is 24.0 Å². The van der Waals surface area contributed by atoms with Crippen molar-refractivity contribution in [3.63, 3.8) is 0 Å². The maximum Gasteiger partial charge on any atom is 0.127 e. The monoisotopic (exact) mass is 237 g/mol. The first kappa shape index (κ1) is 12.4. The second-order valence-electron chi connectivity index (χ2n) is 4.97. The zero-order valence-corrected chi connectivity index (χ0v) is 10.6. The summed E-state index contributed by atoms with van der Waals surface area (Å²) in [6.07, 6.45) is 4.46. The Morgan fingerprint density at radius 1 is 1.35 bits per heavy atom. The standard InChI is InChI=1S/C14H20FNO/c1-10-12(7-11(15)8-13(10)17-2)14(9-16)5-3-4-6-14/h7-8H,3-6,9,16H2,1-2H3. The molecule has 2 nitrogen and oxygen atoms in total. The van der Waals surface area contributed by atoms with E-state index in [0.29, 0.717) is 12.3 Å². The predicted molar refractivity (Wildman–Crippen MR) is 66.9 cm³/mol. The van der Waals surface area contributed by atoms with Crippen molar-refractivity contribution in [3.05, 3.63) is 29.1 Å². The first-order valence-electron chi connectivity index (χ1n) is 6.17. The second kappa shape index (κ2) is 4.65. The van der Waals surface area contributed by atoms with Crippen LogP contribution in [0.4, 0.5) is 4.39 Å². The molecule has 0 heterocycles. The molecule has 0 atom stereocenters. The first-order chi connectivity index (χ1) is 8.13. The molecule has 0 unspecified atom stereocenters. The molecule has 1 aromatic rings. The highest BCUT2D eigenvalue weighted by Gasteiger charge is 2.36. The minimum absolute atomic E-state index is 0.0422. The van der Waals surface area contributed by atoms with Gasteiger partial charge in [0.05, 0.1) is 7.11 Å². The van der Waals surface area contributed by atoms with Gasteiger partial charge in [-0.2, -0.15) is 0 Å². The van der Waals surface area contributed by atoms with Crippen molar-refractivity contribution in [1.82, 2.24) is 0 Å². The fraction of sp³-hybridized carbons (Fsp3) is 0.571. The Morgan fingerprint density at radius 3 is 2.53 bits per heavy atom. The molecule has 1 fully saturated rings. The largest absolute Gasteiger partial charge is 0.496 e. The Balaban J connectivity index is 2.53. The highest BCUT2D eigenvalue weighted by molar-refractivity contribution is 5.44. The second-order valence-corrected chi connectivity index (χ2v) is 4.97. The average molecular weight is 237 g/mol. The van der Waals surface area contributed by atoms with Crippen LogP contribution < -0.4 is 10.5 Å². The van der Waals surface area contributed by atoms with Gasteiger partial charge in [0.25, 0.3) is 0 Å². The van der Waals surface area contributed by atoms with Gasteiger partial charge in [0.2, 0.25) is 0 Å². The van der Waals surface area contributed by atoms with E-state index in [4.69, 9.17) is 10.5 Å². The Hall–Kier alpha value is -1.09. The number of ether oxygens (including phenoxy) is 1. The van der Waals surface area contributed by atoms with Gasteiger partial charge in [-0.15, -0.1) is 0 Å². The summed E-state index contributed by atoms with van der Waals surface area (Å²) in [7, 11) is 1.58. The summed E-state index contributed by atoms with van der Waals surface area (Å²) >= 11 is 0. The molecule has 2 rings (SSSR count). The molecule has 0 amide bonds. The van der Waals surface area contributed by atoms with Crippen LogP contribution in [0.25, 0.3) is 0 Å². The summed E-state index contributed by atoms with van der Waals surface area (Å²) in [5.41, 5.74) is 7.97. The number of nitrogens with two attached hydrogens (primary N) is 1. The molecule has 0 aromatic heterocycles. The van der Waals surface area contributed by atoms with Crippen molar-refractivity contribution in [2.45, 2.75) is 38.0 Å². The molecule has 0 radical (unpaired) electrons. The molecule has 1 aliphatic rings. The lowest BCUT2D eigenvalue weighted by Gasteiger charge is -2.30. The molecule has 2 N–H and O–H groups in total. The summed E-state index contributed by atoms with van der Waals surface area (Å²) < 4.78 is 18.9. The summed E-state index contributed by atoms with van der Waals surface area (Å²) in [5.74, 6) is 0.391. The molecule has 1 aliphatic carbocycles. The number of benzene rings is 1. The third-order valence-electron chi connectivity index (χ3n) is 4.07. The Morgan fingerprint density at radius 2 is 2.00 bits per heavy atom. The van der Waals surface area contributed by atoms with Crippen LogP contribution in [-0.2, 0) is 5.41 Å². The normalized spacial score (nSPS) is 18.4. The van der Waals surface area contributed by atoms with Crippen LogP contribution in [0.5, 0.6) is 5.75 Å². The van der Waals surface area contributed by atoms with Gasteiger partial charge in [-0.3, -0.25) is 0 Å². The van der Waals surface area contributed by atoms with Crippen LogP contribution in [0, 0.1) is 12.7 Å². The molecule has 0 saturated heterocycles. The zero-order valence-electron chi connectivity index (χ0n) is 10.6. The van der Waals surface area contributed by atoms with Gasteiger partial charge in [0, 0.05) is 18.0 Å². The summed E-state index contributed by atoms with van der Waals surface area (Å²) in [5, 5.41) is 0. The average Bonchev–Trinajstić information content (AvgIpc) is 2.81. The highest BCUT2D eigenvalue weighted by atomic mass is 19.1. The van der Waals surface area contributed by atoms with Gasteiger partial charge >= 0.3 is 0 Å². The van der Waals surface area contributed by atoms with Gasteiger partial charge in [0.15, 0.2) is 0 Å². The fourth-order valence-electron chi connectivity index (χ4n) is 3.05. The van der Waals surface area contributed by atoms with Crippen molar-refractivity contribution >= 4 is 0 Å². The zero-order chi connectivity index (χ0) is 12.5. The van der Waals surface area contributed by atoms with Crippen molar-refractivity contribution in [3.8, 4) is 5.75 Å². The molecule has 3 heteroatoms. The SMILES string of the molecule is COc1cc(F)cc(C2(CN)CCCC2)c1C.